The third-order valence-electron chi connectivity index (χ3n) is 3.85. The monoisotopic (exact) mass is 335 g/mol. The number of hydrogen-bond donors (Lipinski definition) is 1. The number of hydrogen-bond acceptors (Lipinski definition) is 5. The van der Waals surface area contributed by atoms with Crippen LogP contribution in [-0.4, -0.2) is 28.9 Å². The first-order valence-electron chi connectivity index (χ1n) is 7.61. The van der Waals surface area contributed by atoms with E-state index in [4.69, 9.17) is 0 Å². The summed E-state index contributed by atoms with van der Waals surface area (Å²) in [5.41, 5.74) is 1.05. The molecule has 0 bridgehead atoms. The van der Waals surface area contributed by atoms with Gasteiger partial charge in [-0.1, -0.05) is 19.9 Å². The Morgan fingerprint density at radius 2 is 2.14 bits per heavy atom. The van der Waals surface area contributed by atoms with Gasteiger partial charge in [0.05, 0.1) is 10.6 Å². The molecule has 1 amide bonds. The molecule has 22 heavy (non-hydrogen) atoms. The molecule has 1 fully saturated rings. The first-order chi connectivity index (χ1) is 10.6. The number of nitrogens with one attached hydrogen (secondary N) is 1. The van der Waals surface area contributed by atoms with E-state index in [-0.39, 0.29) is 5.91 Å². The van der Waals surface area contributed by atoms with Crippen LogP contribution in [0.3, 0.4) is 0 Å². The average Bonchev–Trinajstić information content (AvgIpc) is 3.09. The van der Waals surface area contributed by atoms with Crippen molar-refractivity contribution in [3.05, 3.63) is 33.5 Å². The summed E-state index contributed by atoms with van der Waals surface area (Å²) in [5.74, 6) is 1.43. The van der Waals surface area contributed by atoms with Crippen molar-refractivity contribution in [2.75, 3.05) is 18.4 Å². The SMILES string of the molecule is CC1CC(C)CN(Cc2csc(NC(=O)c3cccs3)n2)C1. The van der Waals surface area contributed by atoms with Gasteiger partial charge in [-0.15, -0.1) is 22.7 Å². The highest BCUT2D eigenvalue weighted by Crippen LogP contribution is 2.24. The number of amides is 1. The summed E-state index contributed by atoms with van der Waals surface area (Å²) < 4.78 is 0. The van der Waals surface area contributed by atoms with Crippen LogP contribution in [0.5, 0.6) is 0 Å². The molecule has 0 saturated carbocycles. The predicted octanol–water partition coefficient (Wildman–Crippen LogP) is 3.93. The van der Waals surface area contributed by atoms with Crippen molar-refractivity contribution in [2.45, 2.75) is 26.8 Å². The molecule has 6 heteroatoms. The molecule has 2 aromatic rings. The van der Waals surface area contributed by atoms with Crippen LogP contribution in [0.1, 0.15) is 35.6 Å². The minimum Gasteiger partial charge on any atom is -0.297 e. The number of carbonyl (C=O) groups is 1. The maximum Gasteiger partial charge on any atom is 0.267 e. The van der Waals surface area contributed by atoms with E-state index >= 15 is 0 Å². The van der Waals surface area contributed by atoms with Crippen LogP contribution in [0.2, 0.25) is 0 Å². The molecule has 0 spiro atoms. The number of likely N-dealkylation sites (tertiary alicyclic amines) is 1. The lowest BCUT2D eigenvalue weighted by Gasteiger charge is -2.34. The normalized spacial score (nSPS) is 22.6. The number of thiazole rings is 1. The van der Waals surface area contributed by atoms with Gasteiger partial charge in [-0.25, -0.2) is 4.98 Å². The van der Waals surface area contributed by atoms with Crippen molar-refractivity contribution in [3.8, 4) is 0 Å². The van der Waals surface area contributed by atoms with Crippen molar-refractivity contribution in [1.82, 2.24) is 9.88 Å². The third-order valence-corrected chi connectivity index (χ3v) is 5.52. The van der Waals surface area contributed by atoms with Crippen molar-refractivity contribution < 1.29 is 4.79 Å². The molecule has 0 aliphatic carbocycles. The van der Waals surface area contributed by atoms with Gasteiger partial charge in [-0.05, 0) is 29.7 Å². The average molecular weight is 335 g/mol. The Kier molecular flexibility index (Phi) is 4.90. The standard InChI is InChI=1S/C16H21N3OS2/c1-11-6-12(2)8-19(7-11)9-13-10-22-16(17-13)18-15(20)14-4-3-5-21-14/h3-5,10-12H,6-9H2,1-2H3,(H,17,18,20). The molecule has 2 atom stereocenters. The molecule has 4 nitrogen and oxygen atoms in total. The number of thiophene rings is 1. The number of nitrogens with zero attached hydrogens (tertiary/aromatic N) is 2. The third kappa shape index (κ3) is 3.94. The van der Waals surface area contributed by atoms with Gasteiger partial charge in [0.25, 0.3) is 5.91 Å². The first kappa shape index (κ1) is 15.6. The van der Waals surface area contributed by atoms with Crippen LogP contribution >= 0.6 is 22.7 Å². The van der Waals surface area contributed by atoms with E-state index in [1.165, 1.54) is 29.1 Å². The maximum atomic E-state index is 12.0. The summed E-state index contributed by atoms with van der Waals surface area (Å²) in [5, 5.41) is 7.52. The molecule has 118 valence electrons. The molecule has 1 saturated heterocycles. The Labute approximate surface area is 139 Å². The van der Waals surface area contributed by atoms with E-state index < -0.39 is 0 Å². The fraction of sp³-hybridized carbons (Fsp3) is 0.500. The molecule has 1 aliphatic heterocycles. The van der Waals surface area contributed by atoms with Crippen LogP contribution in [0.4, 0.5) is 5.13 Å². The number of carbonyl (C=O) groups excluding carboxylic acids is 1. The number of aromatic nitrogens is 1. The molecule has 2 unspecified atom stereocenters. The molecular formula is C16H21N3OS2. The minimum atomic E-state index is -0.0730. The zero-order valence-corrected chi connectivity index (χ0v) is 14.5. The highest BCUT2D eigenvalue weighted by Gasteiger charge is 2.22. The number of rotatable bonds is 4. The fourth-order valence-electron chi connectivity index (χ4n) is 3.15. The van der Waals surface area contributed by atoms with Crippen LogP contribution < -0.4 is 5.32 Å². The van der Waals surface area contributed by atoms with E-state index in [1.54, 1.807) is 0 Å². The summed E-state index contributed by atoms with van der Waals surface area (Å²) in [6.07, 6.45) is 1.32. The second kappa shape index (κ2) is 6.89. The van der Waals surface area contributed by atoms with Gasteiger partial charge in [0, 0.05) is 25.0 Å². The van der Waals surface area contributed by atoms with Crippen molar-refractivity contribution in [3.63, 3.8) is 0 Å². The van der Waals surface area contributed by atoms with Gasteiger partial charge in [0.15, 0.2) is 5.13 Å². The Morgan fingerprint density at radius 3 is 2.82 bits per heavy atom. The van der Waals surface area contributed by atoms with Gasteiger partial charge in [-0.3, -0.25) is 15.0 Å². The first-order valence-corrected chi connectivity index (χ1v) is 9.37. The number of piperidine rings is 1. The highest BCUT2D eigenvalue weighted by molar-refractivity contribution is 7.14. The second-order valence-corrected chi connectivity index (χ2v) is 8.02. The topological polar surface area (TPSA) is 45.2 Å². The molecule has 3 rings (SSSR count). The molecule has 3 heterocycles. The van der Waals surface area contributed by atoms with Crippen LogP contribution in [0.15, 0.2) is 22.9 Å². The lowest BCUT2D eigenvalue weighted by Crippen LogP contribution is -2.38. The number of anilines is 1. The smallest absolute Gasteiger partial charge is 0.267 e. The molecule has 0 radical (unpaired) electrons. The summed E-state index contributed by atoms with van der Waals surface area (Å²) in [6.45, 7) is 7.78. The molecular weight excluding hydrogens is 314 g/mol. The van der Waals surface area contributed by atoms with E-state index in [0.717, 1.165) is 42.0 Å². The Bertz CT molecular complexity index is 613. The van der Waals surface area contributed by atoms with Crippen molar-refractivity contribution >= 4 is 33.7 Å². The predicted molar refractivity (Wildman–Crippen MR) is 92.6 cm³/mol. The molecule has 1 N–H and O–H groups in total. The summed E-state index contributed by atoms with van der Waals surface area (Å²) in [4.78, 5) is 19.8. The van der Waals surface area contributed by atoms with Crippen molar-refractivity contribution in [2.24, 2.45) is 11.8 Å². The lowest BCUT2D eigenvalue weighted by atomic mass is 9.92. The van der Waals surface area contributed by atoms with E-state index in [1.807, 2.05) is 22.9 Å². The Morgan fingerprint density at radius 1 is 1.36 bits per heavy atom. The zero-order chi connectivity index (χ0) is 15.5. The van der Waals surface area contributed by atoms with Crippen LogP contribution in [-0.2, 0) is 6.54 Å². The fourth-order valence-corrected chi connectivity index (χ4v) is 4.47. The van der Waals surface area contributed by atoms with Gasteiger partial charge >= 0.3 is 0 Å². The zero-order valence-electron chi connectivity index (χ0n) is 12.9. The Hall–Kier alpha value is -1.24. The van der Waals surface area contributed by atoms with Crippen LogP contribution in [0, 0.1) is 11.8 Å². The van der Waals surface area contributed by atoms with Crippen LogP contribution in [0.25, 0.3) is 0 Å². The molecule has 0 aromatic carbocycles. The quantitative estimate of drug-likeness (QED) is 0.920. The molecule has 1 aliphatic rings. The Balaban J connectivity index is 1.58. The largest absolute Gasteiger partial charge is 0.297 e. The van der Waals surface area contributed by atoms with Gasteiger partial charge in [0.2, 0.25) is 0 Å². The van der Waals surface area contributed by atoms with E-state index in [0.29, 0.717) is 5.13 Å². The summed E-state index contributed by atoms with van der Waals surface area (Å²) >= 11 is 2.94. The summed E-state index contributed by atoms with van der Waals surface area (Å²) in [6, 6.07) is 3.70. The second-order valence-electron chi connectivity index (χ2n) is 6.22. The van der Waals surface area contributed by atoms with Gasteiger partial charge in [-0.2, -0.15) is 0 Å². The summed E-state index contributed by atoms with van der Waals surface area (Å²) in [7, 11) is 0. The van der Waals surface area contributed by atoms with Gasteiger partial charge < -0.3 is 0 Å². The molecule has 2 aromatic heterocycles. The maximum absolute atomic E-state index is 12.0. The van der Waals surface area contributed by atoms with Gasteiger partial charge in [0.1, 0.15) is 0 Å². The van der Waals surface area contributed by atoms with E-state index in [9.17, 15) is 4.79 Å². The van der Waals surface area contributed by atoms with E-state index in [2.05, 4.69) is 29.0 Å². The highest BCUT2D eigenvalue weighted by atomic mass is 32.1. The van der Waals surface area contributed by atoms with Crippen molar-refractivity contribution in [1.29, 1.82) is 0 Å². The minimum absolute atomic E-state index is 0.0730. The lowest BCUT2D eigenvalue weighted by molar-refractivity contribution is 0.103.